The zero-order valence-corrected chi connectivity index (χ0v) is 16.7. The summed E-state index contributed by atoms with van der Waals surface area (Å²) in [4.78, 5) is 9.18. The monoisotopic (exact) mass is 439 g/mol. The van der Waals surface area contributed by atoms with Gasteiger partial charge in [0.1, 0.15) is 11.6 Å². The van der Waals surface area contributed by atoms with E-state index in [2.05, 4.69) is 42.4 Å². The Morgan fingerprint density at radius 1 is 1.27 bits per heavy atom. The molecular weight excluding hydrogens is 418 g/mol. The molecule has 0 saturated heterocycles. The molecule has 0 spiro atoms. The molecule has 1 aromatic carbocycles. The first-order valence-corrected chi connectivity index (χ1v) is 11.0. The van der Waals surface area contributed by atoms with Crippen molar-refractivity contribution in [2.75, 3.05) is 23.8 Å². The molecule has 1 atom stereocenters. The van der Waals surface area contributed by atoms with Crippen LogP contribution in [0, 0.1) is 0 Å². The minimum absolute atomic E-state index is 0.409. The lowest BCUT2D eigenvalue weighted by Gasteiger charge is -2.14. The fraction of sp³-hybridized carbons (Fsp3) is 0.353. The van der Waals surface area contributed by atoms with E-state index in [-0.39, 0.29) is 0 Å². The SMILES string of the molecule is C=S(N)(=O)c1ccc2cc1OCCCCCCNc1nc(ncc1Br)N2. The Morgan fingerprint density at radius 2 is 2.08 bits per heavy atom. The van der Waals surface area contributed by atoms with Gasteiger partial charge in [-0.2, -0.15) is 4.98 Å². The van der Waals surface area contributed by atoms with Gasteiger partial charge in [0, 0.05) is 24.5 Å². The number of ether oxygens (including phenoxy) is 1. The normalized spacial score (nSPS) is 17.5. The summed E-state index contributed by atoms with van der Waals surface area (Å²) in [6.07, 6.45) is 5.78. The maximum absolute atomic E-state index is 12.2. The molecule has 1 unspecified atom stereocenters. The summed E-state index contributed by atoms with van der Waals surface area (Å²) in [5.41, 5.74) is 0.718. The smallest absolute Gasteiger partial charge is 0.229 e. The van der Waals surface area contributed by atoms with E-state index in [1.54, 1.807) is 24.4 Å². The number of fused-ring (bicyclic) bond motifs is 4. The lowest BCUT2D eigenvalue weighted by molar-refractivity contribution is 0.298. The summed E-state index contributed by atoms with van der Waals surface area (Å²) in [7, 11) is -2.87. The highest BCUT2D eigenvalue weighted by molar-refractivity contribution is 9.10. The second kappa shape index (κ2) is 8.24. The van der Waals surface area contributed by atoms with Crippen molar-refractivity contribution in [2.45, 2.75) is 30.6 Å². The maximum atomic E-state index is 12.2. The molecular formula is C17H22BrN5O2S. The van der Waals surface area contributed by atoms with Gasteiger partial charge in [-0.3, -0.25) is 5.14 Å². The van der Waals surface area contributed by atoms with Gasteiger partial charge < -0.3 is 15.4 Å². The van der Waals surface area contributed by atoms with Crippen LogP contribution in [0.15, 0.2) is 33.8 Å². The van der Waals surface area contributed by atoms with Crippen molar-refractivity contribution in [3.05, 3.63) is 28.9 Å². The number of nitrogens with zero attached hydrogens (tertiary/aromatic N) is 2. The van der Waals surface area contributed by atoms with E-state index in [0.29, 0.717) is 23.2 Å². The van der Waals surface area contributed by atoms with Crippen LogP contribution in [0.5, 0.6) is 5.75 Å². The van der Waals surface area contributed by atoms with Crippen LogP contribution in [0.1, 0.15) is 25.7 Å². The Bertz CT molecular complexity index is 889. The highest BCUT2D eigenvalue weighted by Gasteiger charge is 2.13. The lowest BCUT2D eigenvalue weighted by Crippen LogP contribution is -2.14. The lowest BCUT2D eigenvalue weighted by atomic mass is 10.2. The molecule has 4 bridgehead atoms. The van der Waals surface area contributed by atoms with Crippen LogP contribution in [0.25, 0.3) is 0 Å². The Morgan fingerprint density at radius 3 is 2.88 bits per heavy atom. The summed E-state index contributed by atoms with van der Waals surface area (Å²) < 4.78 is 18.9. The van der Waals surface area contributed by atoms with E-state index in [4.69, 9.17) is 9.88 Å². The Kier molecular flexibility index (Phi) is 6.00. The predicted molar refractivity (Wildman–Crippen MR) is 110 cm³/mol. The van der Waals surface area contributed by atoms with Crippen LogP contribution in [0.4, 0.5) is 17.5 Å². The molecule has 2 heterocycles. The zero-order valence-electron chi connectivity index (χ0n) is 14.3. The molecule has 140 valence electrons. The summed E-state index contributed by atoms with van der Waals surface area (Å²) in [5, 5.41) is 12.2. The topological polar surface area (TPSA) is 102 Å². The molecule has 0 fully saturated rings. The van der Waals surface area contributed by atoms with E-state index in [1.165, 1.54) is 0 Å². The van der Waals surface area contributed by atoms with Crippen molar-refractivity contribution in [3.8, 4) is 5.75 Å². The van der Waals surface area contributed by atoms with Gasteiger partial charge >= 0.3 is 0 Å². The van der Waals surface area contributed by atoms with E-state index < -0.39 is 9.71 Å². The van der Waals surface area contributed by atoms with Crippen LogP contribution in [-0.4, -0.2) is 33.2 Å². The summed E-state index contributed by atoms with van der Waals surface area (Å²) in [6.45, 7) is 1.37. The van der Waals surface area contributed by atoms with Gasteiger partial charge in [-0.15, -0.1) is 0 Å². The summed E-state index contributed by atoms with van der Waals surface area (Å²) in [5.74, 6) is 5.24. The van der Waals surface area contributed by atoms with Crippen LogP contribution in [-0.2, 0) is 9.71 Å². The van der Waals surface area contributed by atoms with Gasteiger partial charge in [-0.05, 0) is 46.8 Å². The third kappa shape index (κ3) is 4.87. The molecule has 1 aromatic heterocycles. The maximum Gasteiger partial charge on any atom is 0.229 e. The highest BCUT2D eigenvalue weighted by atomic mass is 79.9. The van der Waals surface area contributed by atoms with Gasteiger partial charge in [0.25, 0.3) is 0 Å². The Balaban J connectivity index is 1.96. The fourth-order valence-electron chi connectivity index (χ4n) is 2.63. The average molecular weight is 440 g/mol. The minimum Gasteiger partial charge on any atom is -0.492 e. The molecule has 0 amide bonds. The fourth-order valence-corrected chi connectivity index (χ4v) is 3.72. The average Bonchev–Trinajstić information content (AvgIpc) is 2.58. The van der Waals surface area contributed by atoms with Crippen molar-refractivity contribution in [1.29, 1.82) is 0 Å². The second-order valence-electron chi connectivity index (χ2n) is 6.09. The number of anilines is 3. The molecule has 0 radical (unpaired) electrons. The number of nitrogens with one attached hydrogen (secondary N) is 2. The van der Waals surface area contributed by atoms with Gasteiger partial charge in [0.15, 0.2) is 0 Å². The van der Waals surface area contributed by atoms with E-state index in [9.17, 15) is 4.21 Å². The number of hydrogen-bond donors (Lipinski definition) is 3. The van der Waals surface area contributed by atoms with Crippen molar-refractivity contribution in [2.24, 2.45) is 5.14 Å². The predicted octanol–water partition coefficient (Wildman–Crippen LogP) is 3.30. The largest absolute Gasteiger partial charge is 0.492 e. The van der Waals surface area contributed by atoms with Crippen molar-refractivity contribution in [3.63, 3.8) is 0 Å². The van der Waals surface area contributed by atoms with Crippen LogP contribution in [0.3, 0.4) is 0 Å². The molecule has 9 heteroatoms. The van der Waals surface area contributed by atoms with Crippen LogP contribution >= 0.6 is 15.9 Å². The quantitative estimate of drug-likeness (QED) is 0.589. The van der Waals surface area contributed by atoms with Gasteiger partial charge in [-0.1, -0.05) is 12.8 Å². The molecule has 7 nitrogen and oxygen atoms in total. The standard InChI is InChI=1S/C17H22BrN5O2S/c1-26(19,24)15-7-6-12-10-14(15)25-9-5-3-2-4-8-20-16-13(18)11-21-17(22-12)23-16/h6-7,10-11H,1-5,8-9H2,(H2,19,24)(H2,20,21,22,23). The number of halogens is 1. The number of aromatic nitrogens is 2. The Hall–Kier alpha value is -1.84. The van der Waals surface area contributed by atoms with Crippen LogP contribution in [0.2, 0.25) is 0 Å². The molecule has 0 saturated carbocycles. The van der Waals surface area contributed by atoms with E-state index in [0.717, 1.165) is 48.2 Å². The molecule has 1 aliphatic rings. The van der Waals surface area contributed by atoms with E-state index in [1.807, 2.05) is 0 Å². The van der Waals surface area contributed by atoms with Gasteiger partial charge in [0.05, 0.1) is 25.7 Å². The zero-order chi connectivity index (χ0) is 18.6. The minimum atomic E-state index is -2.87. The number of nitrogens with two attached hydrogens (primary N) is 1. The van der Waals surface area contributed by atoms with Gasteiger partial charge in [-0.25, -0.2) is 9.19 Å². The van der Waals surface area contributed by atoms with E-state index >= 15 is 0 Å². The molecule has 4 N–H and O–H groups in total. The van der Waals surface area contributed by atoms with Gasteiger partial charge in [0.2, 0.25) is 5.95 Å². The molecule has 2 aromatic rings. The highest BCUT2D eigenvalue weighted by Crippen LogP contribution is 2.29. The first kappa shape index (κ1) is 18.9. The first-order valence-electron chi connectivity index (χ1n) is 8.39. The number of hydrogen-bond acceptors (Lipinski definition) is 6. The molecule has 26 heavy (non-hydrogen) atoms. The third-order valence-electron chi connectivity index (χ3n) is 3.94. The number of benzene rings is 1. The van der Waals surface area contributed by atoms with Crippen molar-refractivity contribution < 1.29 is 8.95 Å². The second-order valence-corrected chi connectivity index (χ2v) is 8.84. The Labute approximate surface area is 162 Å². The summed E-state index contributed by atoms with van der Waals surface area (Å²) in [6, 6.07) is 5.19. The summed E-state index contributed by atoms with van der Waals surface area (Å²) >= 11 is 3.46. The third-order valence-corrected chi connectivity index (χ3v) is 5.60. The molecule has 3 rings (SSSR count). The number of rotatable bonds is 1. The van der Waals surface area contributed by atoms with Crippen molar-refractivity contribution >= 4 is 49.0 Å². The molecule has 0 aliphatic carbocycles. The van der Waals surface area contributed by atoms with Crippen molar-refractivity contribution in [1.82, 2.24) is 9.97 Å². The van der Waals surface area contributed by atoms with Crippen LogP contribution < -0.4 is 20.5 Å². The first-order chi connectivity index (χ1) is 12.4. The molecule has 1 aliphatic heterocycles.